The zero-order valence-corrected chi connectivity index (χ0v) is 23.9. The van der Waals surface area contributed by atoms with Gasteiger partial charge in [-0.2, -0.15) is 13.2 Å². The van der Waals surface area contributed by atoms with E-state index in [1.807, 2.05) is 0 Å². The zero-order valence-electron chi connectivity index (χ0n) is 23.0. The molecule has 0 aliphatic carbocycles. The molecule has 3 aromatic rings. The van der Waals surface area contributed by atoms with Gasteiger partial charge in [-0.1, -0.05) is 36.8 Å². The van der Waals surface area contributed by atoms with E-state index >= 15 is 0 Å². The topological polar surface area (TPSA) is 146 Å². The average Bonchev–Trinajstić information content (AvgIpc) is 3.28. The summed E-state index contributed by atoms with van der Waals surface area (Å²) in [4.78, 5) is 24.9. The molecule has 0 saturated carbocycles. The monoisotopic (exact) mass is 585 g/mol. The molecule has 0 aliphatic heterocycles. The molecular weight excluding hydrogens is 550 g/mol. The second-order valence-corrected chi connectivity index (χ2v) is 12.3. The van der Waals surface area contributed by atoms with Crippen LogP contribution in [0.3, 0.4) is 0 Å². The Labute approximate surface area is 230 Å². The van der Waals surface area contributed by atoms with E-state index in [4.69, 9.17) is 15.2 Å². The van der Waals surface area contributed by atoms with E-state index in [1.54, 1.807) is 25.3 Å². The standard InChI is InChI=1S/C25H35F3N7O4P/c1-6-11-38-23(36)24(4,5)34-40(37,33-20(25(26,27)28)18-9-7-16(2)8-10-18)15-39-17(3)12-35-14-32-19-21(29)30-13-31-22(19)35/h7-10,13-14,17,20H,6,11-12,15H2,1-5H3,(H2,29,30,31)(H2,33,34,37)/t17-,20-,40?/m1/s1. The number of benzene rings is 1. The number of hydrogen-bond donors (Lipinski definition) is 3. The normalized spacial score (nSPS) is 15.5. The van der Waals surface area contributed by atoms with Crippen LogP contribution in [0.4, 0.5) is 19.0 Å². The van der Waals surface area contributed by atoms with Gasteiger partial charge in [0.05, 0.1) is 25.6 Å². The number of rotatable bonds is 13. The fourth-order valence-electron chi connectivity index (χ4n) is 3.87. The zero-order chi connectivity index (χ0) is 29.7. The Bertz CT molecular complexity index is 1350. The second kappa shape index (κ2) is 12.6. The number of nitrogens with two attached hydrogens (primary N) is 1. The lowest BCUT2D eigenvalue weighted by Gasteiger charge is -2.34. The molecule has 0 bridgehead atoms. The number of fused-ring (bicyclic) bond motifs is 1. The number of alkyl halides is 3. The number of imidazole rings is 1. The number of nitrogens with zero attached hydrogens (tertiary/aromatic N) is 4. The summed E-state index contributed by atoms with van der Waals surface area (Å²) in [7, 11) is -4.27. The third-order valence-electron chi connectivity index (χ3n) is 5.91. The first kappa shape index (κ1) is 31.5. The van der Waals surface area contributed by atoms with Crippen molar-refractivity contribution in [2.75, 3.05) is 18.7 Å². The van der Waals surface area contributed by atoms with Crippen LogP contribution >= 0.6 is 7.44 Å². The number of nitrogens with one attached hydrogen (secondary N) is 2. The fraction of sp³-hybridized carbons (Fsp3) is 0.520. The highest BCUT2D eigenvalue weighted by atomic mass is 31.2. The van der Waals surface area contributed by atoms with Crippen molar-refractivity contribution in [1.29, 1.82) is 0 Å². The Kier molecular flexibility index (Phi) is 9.94. The highest BCUT2D eigenvalue weighted by molar-refractivity contribution is 7.59. The molecule has 0 aliphatic rings. The smallest absolute Gasteiger partial charge is 0.408 e. The van der Waals surface area contributed by atoms with Gasteiger partial charge in [-0.25, -0.2) is 25.1 Å². The Morgan fingerprint density at radius 1 is 1.18 bits per heavy atom. The molecule has 2 aromatic heterocycles. The van der Waals surface area contributed by atoms with Crippen LogP contribution in [0.1, 0.15) is 51.3 Å². The number of anilines is 1. The van der Waals surface area contributed by atoms with Crippen molar-refractivity contribution >= 4 is 30.4 Å². The molecule has 3 rings (SSSR count). The molecule has 0 fully saturated rings. The van der Waals surface area contributed by atoms with Gasteiger partial charge in [0.15, 0.2) is 11.5 Å². The van der Waals surface area contributed by atoms with Crippen molar-refractivity contribution in [3.8, 4) is 0 Å². The van der Waals surface area contributed by atoms with E-state index in [0.717, 1.165) is 5.56 Å². The van der Waals surface area contributed by atoms with E-state index in [2.05, 4.69) is 25.1 Å². The summed E-state index contributed by atoms with van der Waals surface area (Å²) in [5.41, 5.74) is 5.69. The molecule has 0 amide bonds. The quantitative estimate of drug-likeness (QED) is 0.194. The molecule has 11 nitrogen and oxygen atoms in total. The summed E-state index contributed by atoms with van der Waals surface area (Å²) in [6, 6.07) is 3.39. The lowest BCUT2D eigenvalue weighted by molar-refractivity contribution is -0.153. The van der Waals surface area contributed by atoms with Gasteiger partial charge < -0.3 is 19.8 Å². The number of aromatic nitrogens is 4. The van der Waals surface area contributed by atoms with Gasteiger partial charge in [-0.3, -0.25) is 9.36 Å². The number of carbonyl (C=O) groups excluding carboxylic acids is 1. The molecule has 15 heteroatoms. The van der Waals surface area contributed by atoms with Gasteiger partial charge in [-0.15, -0.1) is 0 Å². The number of ether oxygens (including phenoxy) is 2. The van der Waals surface area contributed by atoms with Gasteiger partial charge in [0.25, 0.3) is 0 Å². The first-order chi connectivity index (χ1) is 18.6. The maximum Gasteiger partial charge on any atom is 0.408 e. The van der Waals surface area contributed by atoms with E-state index in [-0.39, 0.29) is 24.5 Å². The lowest BCUT2D eigenvalue weighted by atomic mass is 10.1. The molecule has 220 valence electrons. The number of halogens is 3. The third-order valence-corrected chi connectivity index (χ3v) is 8.02. The SMILES string of the molecule is CCCOC(=O)C(C)(C)NP(=O)(CO[C@H](C)Cn1cnc2c(N)ncnc21)N[C@H](c1ccc(C)cc1)C(F)(F)F. The third kappa shape index (κ3) is 8.00. The summed E-state index contributed by atoms with van der Waals surface area (Å²) >= 11 is 0. The van der Waals surface area contributed by atoms with Gasteiger partial charge in [-0.05, 0) is 39.7 Å². The van der Waals surface area contributed by atoms with Crippen LogP contribution in [-0.2, 0) is 25.4 Å². The summed E-state index contributed by atoms with van der Waals surface area (Å²) in [6.07, 6.45) is -2.81. The molecule has 3 atom stereocenters. The predicted molar refractivity (Wildman–Crippen MR) is 144 cm³/mol. The van der Waals surface area contributed by atoms with Crippen LogP contribution < -0.4 is 15.9 Å². The van der Waals surface area contributed by atoms with Gasteiger partial charge in [0, 0.05) is 0 Å². The molecule has 1 unspecified atom stereocenters. The van der Waals surface area contributed by atoms with Crippen molar-refractivity contribution in [2.45, 2.75) is 71.4 Å². The minimum atomic E-state index is -4.81. The Balaban J connectivity index is 1.86. The van der Waals surface area contributed by atoms with E-state index < -0.39 is 43.6 Å². The maximum atomic E-state index is 14.3. The molecule has 1 aromatic carbocycles. The molecule has 0 saturated heterocycles. The van der Waals surface area contributed by atoms with Gasteiger partial charge in [0.1, 0.15) is 29.8 Å². The van der Waals surface area contributed by atoms with Crippen LogP contribution in [0.15, 0.2) is 36.9 Å². The highest BCUT2D eigenvalue weighted by Crippen LogP contribution is 2.46. The van der Waals surface area contributed by atoms with Gasteiger partial charge >= 0.3 is 12.1 Å². The fourth-order valence-corrected chi connectivity index (χ4v) is 6.25. The average molecular weight is 586 g/mol. The van der Waals surface area contributed by atoms with Crippen LogP contribution in [0, 0.1) is 6.92 Å². The van der Waals surface area contributed by atoms with Crippen LogP contribution in [0.2, 0.25) is 0 Å². The molecule has 40 heavy (non-hydrogen) atoms. The molecule has 4 N–H and O–H groups in total. The van der Waals surface area contributed by atoms with Crippen molar-refractivity contribution in [3.05, 3.63) is 48.0 Å². The van der Waals surface area contributed by atoms with E-state index in [1.165, 1.54) is 50.8 Å². The number of carbonyl (C=O) groups is 1. The summed E-state index contributed by atoms with van der Waals surface area (Å²) in [5.74, 6) is -0.563. The lowest BCUT2D eigenvalue weighted by Crippen LogP contribution is -2.50. The molecular formula is C25H35F3N7O4P. The van der Waals surface area contributed by atoms with E-state index in [0.29, 0.717) is 17.6 Å². The first-order valence-electron chi connectivity index (χ1n) is 12.6. The van der Waals surface area contributed by atoms with Crippen LogP contribution in [-0.4, -0.2) is 56.3 Å². The van der Waals surface area contributed by atoms with Crippen molar-refractivity contribution in [2.24, 2.45) is 0 Å². The first-order valence-corrected chi connectivity index (χ1v) is 14.5. The Hall–Kier alpha value is -3.06. The number of esters is 1. The molecule has 0 radical (unpaired) electrons. The van der Waals surface area contributed by atoms with Gasteiger partial charge in [0.2, 0.25) is 7.44 Å². The highest BCUT2D eigenvalue weighted by Gasteiger charge is 2.47. The number of aryl methyl sites for hydroxylation is 1. The Morgan fingerprint density at radius 3 is 2.48 bits per heavy atom. The van der Waals surface area contributed by atoms with Crippen molar-refractivity contribution in [1.82, 2.24) is 29.7 Å². The second-order valence-electron chi connectivity index (χ2n) is 10.1. The summed E-state index contributed by atoms with van der Waals surface area (Å²) in [6.45, 7) is 8.26. The van der Waals surface area contributed by atoms with E-state index in [9.17, 15) is 22.5 Å². The van der Waals surface area contributed by atoms with Crippen LogP contribution in [0.25, 0.3) is 11.2 Å². The molecule has 2 heterocycles. The molecule has 0 spiro atoms. The van der Waals surface area contributed by atoms with Crippen LogP contribution in [0.5, 0.6) is 0 Å². The Morgan fingerprint density at radius 2 is 1.85 bits per heavy atom. The number of nitrogen functional groups attached to an aromatic ring is 1. The summed E-state index contributed by atoms with van der Waals surface area (Å²) in [5, 5.41) is 4.86. The number of hydrogen-bond acceptors (Lipinski definition) is 8. The summed E-state index contributed by atoms with van der Waals surface area (Å²) < 4.78 is 69.5. The minimum absolute atomic E-state index is 0.108. The largest absolute Gasteiger partial charge is 0.464 e. The predicted octanol–water partition coefficient (Wildman–Crippen LogP) is 4.49. The maximum absolute atomic E-state index is 14.3. The minimum Gasteiger partial charge on any atom is -0.464 e. The van der Waals surface area contributed by atoms with Crippen molar-refractivity contribution in [3.63, 3.8) is 0 Å². The van der Waals surface area contributed by atoms with Crippen molar-refractivity contribution < 1.29 is 32.0 Å².